The number of nitrogens with two attached hydrogens (primary N) is 1. The van der Waals surface area contributed by atoms with Gasteiger partial charge >= 0.3 is 6.16 Å². The van der Waals surface area contributed by atoms with Crippen LogP contribution in [0.1, 0.15) is 16.8 Å². The lowest BCUT2D eigenvalue weighted by Crippen LogP contribution is -2.37. The Balaban J connectivity index is 1.94. The van der Waals surface area contributed by atoms with E-state index < -0.39 is 43.2 Å². The van der Waals surface area contributed by atoms with Crippen LogP contribution in [0.4, 0.5) is 4.79 Å². The molecule has 1 aliphatic rings. The van der Waals surface area contributed by atoms with Crippen LogP contribution in [-0.4, -0.2) is 95.5 Å². The second-order valence-corrected chi connectivity index (χ2v) is 5.44. The zero-order valence-electron chi connectivity index (χ0n) is 14.6. The number of amides is 1. The monoisotopic (exact) mass is 390 g/mol. The normalized spacial score (nSPS) is 24.7. The minimum atomic E-state index is -1.35. The summed E-state index contributed by atoms with van der Waals surface area (Å²) in [6, 6.07) is 0. The molecule has 0 bridgehead atoms. The Bertz CT molecular complexity index is 625. The van der Waals surface area contributed by atoms with Crippen LogP contribution in [-0.2, 0) is 23.7 Å². The molecule has 1 saturated heterocycles. The van der Waals surface area contributed by atoms with Gasteiger partial charge in [0.25, 0.3) is 5.91 Å². The van der Waals surface area contributed by atoms with Crippen LogP contribution in [0.3, 0.4) is 0 Å². The topological polar surface area (TPSA) is 177 Å². The minimum Gasteiger partial charge on any atom is -0.432 e. The zero-order chi connectivity index (χ0) is 19.8. The fourth-order valence-corrected chi connectivity index (χ4v) is 2.29. The molecule has 0 radical (unpaired) electrons. The van der Waals surface area contributed by atoms with Crippen LogP contribution in [0.5, 0.6) is 0 Å². The second kappa shape index (κ2) is 10.1. The number of nitrogens with zero attached hydrogens (tertiary/aromatic N) is 3. The van der Waals surface area contributed by atoms with Crippen molar-refractivity contribution in [3.63, 3.8) is 0 Å². The van der Waals surface area contributed by atoms with Crippen LogP contribution < -0.4 is 5.73 Å². The third kappa shape index (κ3) is 5.58. The summed E-state index contributed by atoms with van der Waals surface area (Å²) in [5.74, 6) is -1.15. The highest BCUT2D eigenvalue weighted by Gasteiger charge is 2.48. The van der Waals surface area contributed by atoms with E-state index in [1.165, 1.54) is 7.11 Å². The van der Waals surface area contributed by atoms with Crippen molar-refractivity contribution in [1.29, 1.82) is 0 Å². The van der Waals surface area contributed by atoms with Gasteiger partial charge < -0.3 is 39.6 Å². The Morgan fingerprint density at radius 1 is 1.33 bits per heavy atom. The molecule has 1 amide bonds. The third-order valence-electron chi connectivity index (χ3n) is 3.59. The molecule has 1 aromatic heterocycles. The van der Waals surface area contributed by atoms with Crippen molar-refractivity contribution in [3.05, 3.63) is 12.2 Å². The Morgan fingerprint density at radius 3 is 2.70 bits per heavy atom. The lowest BCUT2D eigenvalue weighted by molar-refractivity contribution is -0.0724. The predicted molar refractivity (Wildman–Crippen MR) is 84.5 cm³/mol. The number of aliphatic hydroxyl groups excluding tert-OH is 2. The van der Waals surface area contributed by atoms with Crippen LogP contribution in [0, 0.1) is 0 Å². The standard InChI is InChI=1S/C14H22N4O9/c1-23-2-3-24-4-5-25-14(22)27-10-9(20)8(6-19)26-13(10)18-7-16-12(17-18)11(15)21/h7-10,13,19-20H,2-6H2,1H3,(H2,15,21)/t8-,9-,10-,13-/m1/s1. The van der Waals surface area contributed by atoms with Gasteiger partial charge in [0.15, 0.2) is 12.3 Å². The number of ether oxygens (including phenoxy) is 5. The van der Waals surface area contributed by atoms with E-state index in [1.54, 1.807) is 0 Å². The molecule has 0 aromatic carbocycles. The van der Waals surface area contributed by atoms with Crippen molar-refractivity contribution in [2.24, 2.45) is 5.73 Å². The molecule has 27 heavy (non-hydrogen) atoms. The number of rotatable bonds is 10. The van der Waals surface area contributed by atoms with Gasteiger partial charge in [-0.2, -0.15) is 0 Å². The fourth-order valence-electron chi connectivity index (χ4n) is 2.29. The molecule has 0 saturated carbocycles. The molecule has 2 rings (SSSR count). The Hall–Kier alpha value is -2.32. The van der Waals surface area contributed by atoms with E-state index in [4.69, 9.17) is 29.4 Å². The number of primary amides is 1. The van der Waals surface area contributed by atoms with Gasteiger partial charge in [0, 0.05) is 7.11 Å². The molecular formula is C14H22N4O9. The van der Waals surface area contributed by atoms with E-state index in [0.717, 1.165) is 11.0 Å². The van der Waals surface area contributed by atoms with Crippen molar-refractivity contribution < 1.29 is 43.5 Å². The number of methoxy groups -OCH3 is 1. The molecule has 2 heterocycles. The SMILES string of the molecule is COCCOCCOC(=O)O[C@@H]1[C@H](O)[C@@H](CO)O[C@H]1n1cnc(C(N)=O)n1. The molecule has 0 unspecified atom stereocenters. The quantitative estimate of drug-likeness (QED) is 0.292. The summed E-state index contributed by atoms with van der Waals surface area (Å²) in [5, 5.41) is 23.3. The minimum absolute atomic E-state index is 0.0739. The molecule has 0 aliphatic carbocycles. The number of aliphatic hydroxyl groups is 2. The molecule has 4 atom stereocenters. The van der Waals surface area contributed by atoms with E-state index in [2.05, 4.69) is 10.1 Å². The Morgan fingerprint density at radius 2 is 2.07 bits per heavy atom. The van der Waals surface area contributed by atoms with Crippen molar-refractivity contribution in [1.82, 2.24) is 14.8 Å². The summed E-state index contributed by atoms with van der Waals surface area (Å²) in [7, 11) is 1.53. The average molecular weight is 390 g/mol. The third-order valence-corrected chi connectivity index (χ3v) is 3.59. The zero-order valence-corrected chi connectivity index (χ0v) is 14.6. The fraction of sp³-hybridized carbons (Fsp3) is 0.714. The molecule has 0 spiro atoms. The van der Waals surface area contributed by atoms with Gasteiger partial charge in [-0.05, 0) is 0 Å². The van der Waals surface area contributed by atoms with Crippen LogP contribution in [0.25, 0.3) is 0 Å². The lowest BCUT2D eigenvalue weighted by Gasteiger charge is -2.20. The molecule has 13 heteroatoms. The van der Waals surface area contributed by atoms with Gasteiger partial charge in [-0.3, -0.25) is 4.79 Å². The highest BCUT2D eigenvalue weighted by Crippen LogP contribution is 2.31. The van der Waals surface area contributed by atoms with Gasteiger partial charge in [-0.25, -0.2) is 14.5 Å². The van der Waals surface area contributed by atoms with Crippen LogP contribution in [0.2, 0.25) is 0 Å². The van der Waals surface area contributed by atoms with Gasteiger partial charge in [0.05, 0.1) is 26.4 Å². The maximum absolute atomic E-state index is 11.8. The van der Waals surface area contributed by atoms with E-state index >= 15 is 0 Å². The summed E-state index contributed by atoms with van der Waals surface area (Å²) in [4.78, 5) is 26.6. The predicted octanol–water partition coefficient (Wildman–Crippen LogP) is -2.19. The van der Waals surface area contributed by atoms with E-state index in [-0.39, 0.29) is 19.0 Å². The van der Waals surface area contributed by atoms with Crippen molar-refractivity contribution in [3.8, 4) is 0 Å². The first-order valence-electron chi connectivity index (χ1n) is 8.03. The van der Waals surface area contributed by atoms with Gasteiger partial charge in [-0.1, -0.05) is 0 Å². The summed E-state index contributed by atoms with van der Waals surface area (Å²) < 4.78 is 26.4. The highest BCUT2D eigenvalue weighted by atomic mass is 16.7. The molecule has 4 N–H and O–H groups in total. The maximum Gasteiger partial charge on any atom is 0.508 e. The van der Waals surface area contributed by atoms with Crippen molar-refractivity contribution >= 4 is 12.1 Å². The number of aromatic nitrogens is 3. The Kier molecular flexibility index (Phi) is 7.87. The van der Waals surface area contributed by atoms with Gasteiger partial charge in [0.2, 0.25) is 5.82 Å². The largest absolute Gasteiger partial charge is 0.508 e. The number of hydrogen-bond donors (Lipinski definition) is 3. The van der Waals surface area contributed by atoms with Crippen molar-refractivity contribution in [2.45, 2.75) is 24.5 Å². The first-order valence-corrected chi connectivity index (χ1v) is 8.03. The average Bonchev–Trinajstić information content (AvgIpc) is 3.24. The number of carbonyl (C=O) groups is 2. The van der Waals surface area contributed by atoms with Crippen molar-refractivity contribution in [2.75, 3.05) is 40.1 Å². The van der Waals surface area contributed by atoms with E-state index in [9.17, 15) is 19.8 Å². The maximum atomic E-state index is 11.8. The van der Waals surface area contributed by atoms with E-state index in [0.29, 0.717) is 13.2 Å². The molecule has 1 fully saturated rings. The first-order chi connectivity index (χ1) is 13.0. The van der Waals surface area contributed by atoms with E-state index in [1.807, 2.05) is 0 Å². The van der Waals surface area contributed by atoms with Gasteiger partial charge in [0.1, 0.15) is 25.1 Å². The van der Waals surface area contributed by atoms with Gasteiger partial charge in [-0.15, -0.1) is 5.10 Å². The molecule has 152 valence electrons. The van der Waals surface area contributed by atoms with Crippen LogP contribution in [0.15, 0.2) is 6.33 Å². The summed E-state index contributed by atoms with van der Waals surface area (Å²) in [5.41, 5.74) is 5.09. The molecular weight excluding hydrogens is 368 g/mol. The van der Waals surface area contributed by atoms with Crippen LogP contribution >= 0.6 is 0 Å². The number of hydrogen-bond acceptors (Lipinski definition) is 11. The second-order valence-electron chi connectivity index (χ2n) is 5.44. The lowest BCUT2D eigenvalue weighted by atomic mass is 10.1. The highest BCUT2D eigenvalue weighted by molar-refractivity contribution is 5.88. The molecule has 1 aromatic rings. The summed E-state index contributed by atoms with van der Waals surface area (Å²) >= 11 is 0. The summed E-state index contributed by atoms with van der Waals surface area (Å²) in [6.07, 6.45) is -4.73. The smallest absolute Gasteiger partial charge is 0.432 e. The Labute approximate surface area is 153 Å². The number of carbonyl (C=O) groups excluding carboxylic acids is 2. The molecule has 13 nitrogen and oxygen atoms in total. The summed E-state index contributed by atoms with van der Waals surface area (Å²) in [6.45, 7) is 0.285. The molecule has 1 aliphatic heterocycles. The first kappa shape index (κ1) is 21.0.